The second-order valence-corrected chi connectivity index (χ2v) is 9.42. The number of hydrogen-bond donors (Lipinski definition) is 2. The Bertz CT molecular complexity index is 1280. The van der Waals surface area contributed by atoms with Crippen molar-refractivity contribution in [1.82, 2.24) is 25.0 Å². The SMILES string of the molecule is Cc1ccncc1-c1nnc(NC(=O)c2ccc(OC(F)(F)F)c(NC(=O)CN3CCN(C)CC3)c2)s1. The lowest BCUT2D eigenvalue weighted by Gasteiger charge is -2.31. The van der Waals surface area contributed by atoms with E-state index in [9.17, 15) is 22.8 Å². The van der Waals surface area contributed by atoms with Crippen LogP contribution in [0.25, 0.3) is 10.6 Å². The summed E-state index contributed by atoms with van der Waals surface area (Å²) >= 11 is 1.12. The Kier molecular flexibility index (Phi) is 8.00. The van der Waals surface area contributed by atoms with E-state index in [2.05, 4.69) is 35.5 Å². The summed E-state index contributed by atoms with van der Waals surface area (Å²) in [6.45, 7) is 4.75. The molecule has 10 nitrogen and oxygen atoms in total. The van der Waals surface area contributed by atoms with Gasteiger partial charge >= 0.3 is 6.36 Å². The fourth-order valence-corrected chi connectivity index (χ4v) is 4.43. The van der Waals surface area contributed by atoms with E-state index >= 15 is 0 Å². The Morgan fingerprint density at radius 2 is 1.86 bits per heavy atom. The number of ether oxygens (including phenoxy) is 1. The topological polar surface area (TPSA) is 113 Å². The van der Waals surface area contributed by atoms with Gasteiger partial charge in [-0.05, 0) is 43.8 Å². The molecule has 1 aliphatic heterocycles. The van der Waals surface area contributed by atoms with Gasteiger partial charge in [0.2, 0.25) is 11.0 Å². The van der Waals surface area contributed by atoms with Crippen molar-refractivity contribution >= 4 is 34.0 Å². The highest BCUT2D eigenvalue weighted by molar-refractivity contribution is 7.18. The molecule has 14 heteroatoms. The van der Waals surface area contributed by atoms with Gasteiger partial charge in [0.15, 0.2) is 10.8 Å². The van der Waals surface area contributed by atoms with Crippen molar-refractivity contribution in [3.8, 4) is 16.3 Å². The zero-order valence-corrected chi connectivity index (χ0v) is 20.8. The number of pyridine rings is 1. The molecule has 1 aromatic carbocycles. The molecule has 1 aliphatic rings. The predicted molar refractivity (Wildman–Crippen MR) is 132 cm³/mol. The van der Waals surface area contributed by atoms with Crippen LogP contribution in [0.4, 0.5) is 24.0 Å². The van der Waals surface area contributed by atoms with Crippen molar-refractivity contribution in [3.63, 3.8) is 0 Å². The van der Waals surface area contributed by atoms with Gasteiger partial charge in [-0.2, -0.15) is 0 Å². The molecule has 2 aromatic heterocycles. The number of likely N-dealkylation sites (N-methyl/N-ethyl adjacent to an activating group) is 1. The molecule has 37 heavy (non-hydrogen) atoms. The van der Waals surface area contributed by atoms with E-state index in [1.807, 2.05) is 24.9 Å². The number of rotatable bonds is 7. The highest BCUT2D eigenvalue weighted by atomic mass is 32.1. The number of hydrogen-bond acceptors (Lipinski definition) is 9. The lowest BCUT2D eigenvalue weighted by atomic mass is 10.1. The number of piperazine rings is 1. The number of nitrogens with one attached hydrogen (secondary N) is 2. The van der Waals surface area contributed by atoms with E-state index in [1.165, 1.54) is 6.07 Å². The molecule has 0 atom stereocenters. The van der Waals surface area contributed by atoms with Crippen LogP contribution in [0.15, 0.2) is 36.7 Å². The number of amides is 2. The minimum absolute atomic E-state index is 0.00118. The number of aromatic nitrogens is 3. The van der Waals surface area contributed by atoms with Crippen molar-refractivity contribution in [2.24, 2.45) is 0 Å². The van der Waals surface area contributed by atoms with Crippen LogP contribution in [-0.2, 0) is 4.79 Å². The maximum Gasteiger partial charge on any atom is 0.573 e. The first-order chi connectivity index (χ1) is 17.6. The van der Waals surface area contributed by atoms with Crippen LogP contribution >= 0.6 is 11.3 Å². The zero-order chi connectivity index (χ0) is 26.6. The highest BCUT2D eigenvalue weighted by Crippen LogP contribution is 2.32. The van der Waals surface area contributed by atoms with Gasteiger partial charge in [-0.1, -0.05) is 11.3 Å². The number of anilines is 2. The predicted octanol–water partition coefficient (Wildman–Crippen LogP) is 3.25. The second-order valence-electron chi connectivity index (χ2n) is 8.44. The maximum absolute atomic E-state index is 12.9. The average molecular weight is 536 g/mol. The second kappa shape index (κ2) is 11.2. The molecule has 3 heterocycles. The van der Waals surface area contributed by atoms with E-state index < -0.39 is 23.9 Å². The number of benzene rings is 1. The summed E-state index contributed by atoms with van der Waals surface area (Å²) in [4.78, 5) is 33.5. The third kappa shape index (κ3) is 7.21. The third-order valence-electron chi connectivity index (χ3n) is 5.62. The zero-order valence-electron chi connectivity index (χ0n) is 20.0. The van der Waals surface area contributed by atoms with Gasteiger partial charge in [0, 0.05) is 49.7 Å². The van der Waals surface area contributed by atoms with E-state index in [0.717, 1.165) is 47.7 Å². The molecule has 0 radical (unpaired) electrons. The van der Waals surface area contributed by atoms with Crippen molar-refractivity contribution in [2.45, 2.75) is 13.3 Å². The van der Waals surface area contributed by atoms with Gasteiger partial charge in [0.25, 0.3) is 5.91 Å². The summed E-state index contributed by atoms with van der Waals surface area (Å²) in [6.07, 6.45) is -1.69. The van der Waals surface area contributed by atoms with Crippen LogP contribution in [0.5, 0.6) is 5.75 Å². The number of halogens is 3. The smallest absolute Gasteiger partial charge is 0.404 e. The number of aryl methyl sites for hydroxylation is 1. The number of carbonyl (C=O) groups is 2. The lowest BCUT2D eigenvalue weighted by Crippen LogP contribution is -2.47. The molecule has 0 spiro atoms. The Hall–Kier alpha value is -3.62. The normalized spacial score (nSPS) is 14.8. The summed E-state index contributed by atoms with van der Waals surface area (Å²) in [6, 6.07) is 5.10. The van der Waals surface area contributed by atoms with Gasteiger partial charge in [-0.15, -0.1) is 23.4 Å². The van der Waals surface area contributed by atoms with E-state index in [1.54, 1.807) is 12.4 Å². The standard InChI is InChI=1S/C23H24F3N7O3S/c1-14-5-6-27-12-16(14)21-30-31-22(37-21)29-20(35)15-3-4-18(36-23(24,25)26)17(11-15)28-19(34)13-33-9-7-32(2)8-10-33/h3-6,11-12H,7-10,13H2,1-2H3,(H,28,34)(H,29,31,35). The molecule has 2 N–H and O–H groups in total. The molecule has 0 unspecified atom stereocenters. The van der Waals surface area contributed by atoms with Crippen molar-refractivity contribution < 1.29 is 27.5 Å². The van der Waals surface area contributed by atoms with Crippen LogP contribution < -0.4 is 15.4 Å². The van der Waals surface area contributed by atoms with Gasteiger partial charge in [-0.3, -0.25) is 24.8 Å². The monoisotopic (exact) mass is 535 g/mol. The van der Waals surface area contributed by atoms with Crippen molar-refractivity contribution in [2.75, 3.05) is 50.4 Å². The van der Waals surface area contributed by atoms with Crippen molar-refractivity contribution in [3.05, 3.63) is 47.8 Å². The molecule has 2 amide bonds. The average Bonchev–Trinajstić information content (AvgIpc) is 3.29. The maximum atomic E-state index is 12.9. The molecular weight excluding hydrogens is 511 g/mol. The Morgan fingerprint density at radius 3 is 2.57 bits per heavy atom. The van der Waals surface area contributed by atoms with Gasteiger partial charge in [-0.25, -0.2) is 0 Å². The van der Waals surface area contributed by atoms with Crippen LogP contribution in [0.2, 0.25) is 0 Å². The molecule has 0 saturated carbocycles. The molecule has 1 fully saturated rings. The van der Waals surface area contributed by atoms with Gasteiger partial charge < -0.3 is 15.0 Å². The minimum Gasteiger partial charge on any atom is -0.404 e. The molecule has 4 rings (SSSR count). The molecular formula is C23H24F3N7O3S. The Morgan fingerprint density at radius 1 is 1.11 bits per heavy atom. The van der Waals surface area contributed by atoms with E-state index in [0.29, 0.717) is 18.1 Å². The number of carbonyl (C=O) groups excluding carboxylic acids is 2. The Labute approximate surface area is 214 Å². The lowest BCUT2D eigenvalue weighted by molar-refractivity contribution is -0.274. The molecule has 0 bridgehead atoms. The van der Waals surface area contributed by atoms with Crippen LogP contribution in [0.3, 0.4) is 0 Å². The molecule has 0 aliphatic carbocycles. The van der Waals surface area contributed by atoms with Crippen LogP contribution in [0.1, 0.15) is 15.9 Å². The minimum atomic E-state index is -4.98. The number of nitrogens with zero attached hydrogens (tertiary/aromatic N) is 5. The van der Waals surface area contributed by atoms with E-state index in [-0.39, 0.29) is 22.9 Å². The number of alkyl halides is 3. The summed E-state index contributed by atoms with van der Waals surface area (Å²) in [5, 5.41) is 13.8. The van der Waals surface area contributed by atoms with Crippen LogP contribution in [0, 0.1) is 6.92 Å². The quantitative estimate of drug-likeness (QED) is 0.474. The highest BCUT2D eigenvalue weighted by Gasteiger charge is 2.33. The molecule has 3 aromatic rings. The van der Waals surface area contributed by atoms with Crippen LogP contribution in [-0.4, -0.2) is 82.9 Å². The largest absolute Gasteiger partial charge is 0.573 e. The van der Waals surface area contributed by atoms with Gasteiger partial charge in [0.1, 0.15) is 0 Å². The molecule has 1 saturated heterocycles. The Balaban J connectivity index is 1.49. The summed E-state index contributed by atoms with van der Waals surface area (Å²) in [5.41, 5.74) is 1.42. The first-order valence-electron chi connectivity index (χ1n) is 11.2. The fourth-order valence-electron chi connectivity index (χ4n) is 3.62. The third-order valence-corrected chi connectivity index (χ3v) is 6.49. The fraction of sp³-hybridized carbons (Fsp3) is 0.348. The summed E-state index contributed by atoms with van der Waals surface area (Å²) in [7, 11) is 1.97. The first-order valence-corrected chi connectivity index (χ1v) is 12.1. The first kappa shape index (κ1) is 26.4. The summed E-state index contributed by atoms with van der Waals surface area (Å²) < 4.78 is 42.9. The molecule has 196 valence electrons. The summed E-state index contributed by atoms with van der Waals surface area (Å²) in [5.74, 6) is -1.78. The van der Waals surface area contributed by atoms with Crippen molar-refractivity contribution in [1.29, 1.82) is 0 Å². The van der Waals surface area contributed by atoms with Gasteiger partial charge in [0.05, 0.1) is 12.2 Å². The van der Waals surface area contributed by atoms with E-state index in [4.69, 9.17) is 0 Å².